The van der Waals surface area contributed by atoms with E-state index in [0.29, 0.717) is 11.8 Å². The molecule has 2 heterocycles. The molecule has 1 saturated heterocycles. The summed E-state index contributed by atoms with van der Waals surface area (Å²) in [5.74, 6) is 2.35. The average molecular weight is 292 g/mol. The Morgan fingerprint density at radius 3 is 2.62 bits per heavy atom. The zero-order valence-corrected chi connectivity index (χ0v) is 13.5. The molecule has 0 atom stereocenters. The first-order valence-electron chi connectivity index (χ1n) is 7.96. The first-order chi connectivity index (χ1) is 10.2. The van der Waals surface area contributed by atoms with Crippen LogP contribution in [0.2, 0.25) is 0 Å². The van der Waals surface area contributed by atoms with Gasteiger partial charge in [-0.1, -0.05) is 13.8 Å². The van der Waals surface area contributed by atoms with Gasteiger partial charge in [0, 0.05) is 33.4 Å². The van der Waals surface area contributed by atoms with Crippen LogP contribution in [0, 0.1) is 11.8 Å². The van der Waals surface area contributed by atoms with E-state index in [0.717, 1.165) is 44.3 Å². The van der Waals surface area contributed by atoms with Crippen LogP contribution in [0.25, 0.3) is 0 Å². The molecule has 1 aromatic heterocycles. The largest absolute Gasteiger partial charge is 0.384 e. The maximum atomic E-state index is 5.24. The zero-order valence-electron chi connectivity index (χ0n) is 13.5. The van der Waals surface area contributed by atoms with E-state index in [-0.39, 0.29) is 0 Å². The van der Waals surface area contributed by atoms with Gasteiger partial charge in [0.1, 0.15) is 0 Å². The van der Waals surface area contributed by atoms with Crippen molar-refractivity contribution in [2.24, 2.45) is 11.8 Å². The number of piperidine rings is 1. The third-order valence-electron chi connectivity index (χ3n) is 3.91. The minimum atomic E-state index is 0.658. The van der Waals surface area contributed by atoms with Crippen LogP contribution in [-0.4, -0.2) is 43.5 Å². The summed E-state index contributed by atoms with van der Waals surface area (Å²) in [6, 6.07) is 4.17. The van der Waals surface area contributed by atoms with Gasteiger partial charge in [-0.05, 0) is 43.4 Å². The predicted molar refractivity (Wildman–Crippen MR) is 85.4 cm³/mol. The number of rotatable bonds is 7. The smallest absolute Gasteiger partial charge is 0.151 e. The third-order valence-corrected chi connectivity index (χ3v) is 3.91. The van der Waals surface area contributed by atoms with Crippen LogP contribution < -0.4 is 10.2 Å². The first-order valence-corrected chi connectivity index (χ1v) is 7.96. The zero-order chi connectivity index (χ0) is 15.1. The number of aromatic nitrogens is 2. The minimum Gasteiger partial charge on any atom is -0.384 e. The fourth-order valence-electron chi connectivity index (χ4n) is 2.67. The van der Waals surface area contributed by atoms with Crippen LogP contribution in [0.1, 0.15) is 32.4 Å². The van der Waals surface area contributed by atoms with E-state index in [9.17, 15) is 0 Å². The van der Waals surface area contributed by atoms with Crippen molar-refractivity contribution in [2.45, 2.75) is 33.2 Å². The molecule has 5 heteroatoms. The maximum absolute atomic E-state index is 5.24. The van der Waals surface area contributed by atoms with Crippen molar-refractivity contribution in [1.82, 2.24) is 15.5 Å². The number of methoxy groups -OCH3 is 1. The number of anilines is 1. The highest BCUT2D eigenvalue weighted by molar-refractivity contribution is 5.37. The first kappa shape index (κ1) is 16.2. The molecule has 0 amide bonds. The Bertz CT molecular complexity index is 399. The summed E-state index contributed by atoms with van der Waals surface area (Å²) < 4.78 is 5.24. The molecule has 0 aromatic carbocycles. The standard InChI is InChI=1S/C16H28N4O/c1-13(2)10-17-11-15-4-5-16(19-18-15)20-8-6-14(7-9-20)12-21-3/h4-5,13-14,17H,6-12H2,1-3H3. The monoisotopic (exact) mass is 292 g/mol. The van der Waals surface area contributed by atoms with E-state index in [1.54, 1.807) is 7.11 Å². The number of ether oxygens (including phenoxy) is 1. The van der Waals surface area contributed by atoms with Gasteiger partial charge in [0.25, 0.3) is 0 Å². The lowest BCUT2D eigenvalue weighted by Gasteiger charge is -2.32. The van der Waals surface area contributed by atoms with Crippen LogP contribution in [0.5, 0.6) is 0 Å². The van der Waals surface area contributed by atoms with Crippen molar-refractivity contribution in [3.05, 3.63) is 17.8 Å². The second kappa shape index (κ2) is 8.29. The molecule has 5 nitrogen and oxygen atoms in total. The minimum absolute atomic E-state index is 0.658. The molecule has 1 aliphatic heterocycles. The van der Waals surface area contributed by atoms with Gasteiger partial charge in [0.2, 0.25) is 0 Å². The molecule has 1 N–H and O–H groups in total. The highest BCUT2D eigenvalue weighted by Gasteiger charge is 2.20. The molecular formula is C16H28N4O. The SMILES string of the molecule is COCC1CCN(c2ccc(CNCC(C)C)nn2)CC1. The van der Waals surface area contributed by atoms with E-state index in [1.807, 2.05) is 0 Å². The summed E-state index contributed by atoms with van der Waals surface area (Å²) in [6.45, 7) is 9.18. The van der Waals surface area contributed by atoms with Crippen molar-refractivity contribution < 1.29 is 4.74 Å². The van der Waals surface area contributed by atoms with Gasteiger partial charge in [0.05, 0.1) is 5.69 Å². The lowest BCUT2D eigenvalue weighted by molar-refractivity contribution is 0.139. The molecule has 1 aromatic rings. The molecule has 0 aliphatic carbocycles. The molecular weight excluding hydrogens is 264 g/mol. The molecule has 0 saturated carbocycles. The van der Waals surface area contributed by atoms with E-state index in [1.165, 1.54) is 12.8 Å². The second-order valence-corrected chi connectivity index (χ2v) is 6.29. The lowest BCUT2D eigenvalue weighted by atomic mass is 9.98. The molecule has 21 heavy (non-hydrogen) atoms. The highest BCUT2D eigenvalue weighted by Crippen LogP contribution is 2.21. The molecule has 1 aliphatic rings. The Morgan fingerprint density at radius 1 is 1.29 bits per heavy atom. The number of nitrogens with one attached hydrogen (secondary N) is 1. The van der Waals surface area contributed by atoms with Gasteiger partial charge < -0.3 is 15.0 Å². The molecule has 0 radical (unpaired) electrons. The van der Waals surface area contributed by atoms with Gasteiger partial charge in [-0.3, -0.25) is 0 Å². The van der Waals surface area contributed by atoms with Crippen molar-refractivity contribution in [3.8, 4) is 0 Å². The van der Waals surface area contributed by atoms with Gasteiger partial charge >= 0.3 is 0 Å². The van der Waals surface area contributed by atoms with Crippen LogP contribution in [0.15, 0.2) is 12.1 Å². The number of hydrogen-bond acceptors (Lipinski definition) is 5. The molecule has 0 bridgehead atoms. The summed E-state index contributed by atoms with van der Waals surface area (Å²) in [6.07, 6.45) is 2.35. The molecule has 118 valence electrons. The molecule has 1 fully saturated rings. The van der Waals surface area contributed by atoms with Crippen molar-refractivity contribution in [3.63, 3.8) is 0 Å². The summed E-state index contributed by atoms with van der Waals surface area (Å²) in [5, 5.41) is 12.1. The van der Waals surface area contributed by atoms with E-state index in [4.69, 9.17) is 4.74 Å². The topological polar surface area (TPSA) is 50.3 Å². The van der Waals surface area contributed by atoms with E-state index >= 15 is 0 Å². The highest BCUT2D eigenvalue weighted by atomic mass is 16.5. The average Bonchev–Trinajstić information content (AvgIpc) is 2.49. The van der Waals surface area contributed by atoms with Gasteiger partial charge in [0.15, 0.2) is 5.82 Å². The normalized spacial score (nSPS) is 16.7. The van der Waals surface area contributed by atoms with Gasteiger partial charge in [-0.2, -0.15) is 5.10 Å². The van der Waals surface area contributed by atoms with Crippen molar-refractivity contribution in [2.75, 3.05) is 38.3 Å². The Hall–Kier alpha value is -1.20. The number of nitrogens with zero attached hydrogens (tertiary/aromatic N) is 3. The summed E-state index contributed by atoms with van der Waals surface area (Å²) in [7, 11) is 1.78. The van der Waals surface area contributed by atoms with E-state index < -0.39 is 0 Å². The quantitative estimate of drug-likeness (QED) is 0.834. The van der Waals surface area contributed by atoms with Gasteiger partial charge in [-0.25, -0.2) is 0 Å². The Morgan fingerprint density at radius 2 is 2.05 bits per heavy atom. The Kier molecular flexibility index (Phi) is 6.39. The molecule has 2 rings (SSSR count). The summed E-state index contributed by atoms with van der Waals surface area (Å²) >= 11 is 0. The fraction of sp³-hybridized carbons (Fsp3) is 0.750. The number of hydrogen-bond donors (Lipinski definition) is 1. The van der Waals surface area contributed by atoms with Crippen LogP contribution in [-0.2, 0) is 11.3 Å². The Labute approximate surface area is 128 Å². The lowest BCUT2D eigenvalue weighted by Crippen LogP contribution is -2.35. The molecule has 0 spiro atoms. The van der Waals surface area contributed by atoms with Crippen LogP contribution in [0.4, 0.5) is 5.82 Å². The maximum Gasteiger partial charge on any atom is 0.151 e. The van der Waals surface area contributed by atoms with Crippen molar-refractivity contribution >= 4 is 5.82 Å². The Balaban J connectivity index is 1.79. The summed E-state index contributed by atoms with van der Waals surface area (Å²) in [5.41, 5.74) is 1.01. The second-order valence-electron chi connectivity index (χ2n) is 6.29. The van der Waals surface area contributed by atoms with E-state index in [2.05, 4.69) is 46.4 Å². The van der Waals surface area contributed by atoms with Gasteiger partial charge in [-0.15, -0.1) is 5.10 Å². The van der Waals surface area contributed by atoms with Crippen molar-refractivity contribution in [1.29, 1.82) is 0 Å². The van der Waals surface area contributed by atoms with Crippen LogP contribution in [0.3, 0.4) is 0 Å². The van der Waals surface area contributed by atoms with Crippen LogP contribution >= 0.6 is 0 Å². The molecule has 0 unspecified atom stereocenters. The predicted octanol–water partition coefficient (Wildman–Crippen LogP) is 2.08. The third kappa shape index (κ3) is 5.25. The summed E-state index contributed by atoms with van der Waals surface area (Å²) in [4.78, 5) is 2.32. The fourth-order valence-corrected chi connectivity index (χ4v) is 2.67.